The molecule has 0 amide bonds. The van der Waals surface area contributed by atoms with E-state index in [0.717, 1.165) is 0 Å². The van der Waals surface area contributed by atoms with Gasteiger partial charge in [0.25, 0.3) is 10.0 Å². The van der Waals surface area contributed by atoms with Gasteiger partial charge in [-0.05, 0) is 36.8 Å². The van der Waals surface area contributed by atoms with Gasteiger partial charge >= 0.3 is 0 Å². The number of hydrogen-bond acceptors (Lipinski definition) is 3. The lowest BCUT2D eigenvalue weighted by Crippen LogP contribution is -2.14. The summed E-state index contributed by atoms with van der Waals surface area (Å²) in [6, 6.07) is 11.3. The topological polar surface area (TPSA) is 63.2 Å². The number of hydrogen-bond donors (Lipinski definition) is 1. The van der Waals surface area contributed by atoms with E-state index >= 15 is 0 Å². The molecule has 1 unspecified atom stereocenters. The molecule has 0 heterocycles. The molecule has 0 saturated heterocycles. The molecule has 0 fully saturated rings. The molecule has 0 aliphatic rings. The minimum Gasteiger partial charge on any atom is -0.280 e. The Morgan fingerprint density at radius 2 is 1.81 bits per heavy atom. The molecule has 2 rings (SSSR count). The fourth-order valence-corrected chi connectivity index (χ4v) is 3.97. The van der Waals surface area contributed by atoms with Crippen LogP contribution in [0.2, 0.25) is 5.02 Å². The van der Waals surface area contributed by atoms with E-state index in [1.165, 1.54) is 18.4 Å². The number of nitrogens with one attached hydrogen (secondary N) is 1. The van der Waals surface area contributed by atoms with Crippen LogP contribution in [0.5, 0.6) is 0 Å². The van der Waals surface area contributed by atoms with E-state index in [-0.39, 0.29) is 9.92 Å². The Morgan fingerprint density at radius 1 is 1.14 bits per heavy atom. The standard InChI is InChI=1S/C14H14ClNO3S2/c1-10-5-3-8-13(14(10)15)21(18,19)16-11-6-4-7-12(9-11)20(2)17/h3-9,16H,1-2H3. The Bertz CT molecular complexity index is 804. The van der Waals surface area contributed by atoms with Gasteiger partial charge in [-0.25, -0.2) is 8.42 Å². The third-order valence-electron chi connectivity index (χ3n) is 2.86. The molecule has 1 atom stereocenters. The first-order chi connectivity index (χ1) is 9.81. The predicted molar refractivity (Wildman–Crippen MR) is 85.8 cm³/mol. The average molecular weight is 344 g/mol. The van der Waals surface area contributed by atoms with Gasteiger partial charge in [0, 0.05) is 22.0 Å². The highest BCUT2D eigenvalue weighted by Gasteiger charge is 2.19. The normalized spacial score (nSPS) is 12.9. The highest BCUT2D eigenvalue weighted by atomic mass is 35.5. The van der Waals surface area contributed by atoms with Crippen LogP contribution < -0.4 is 4.72 Å². The Labute approximate surface area is 131 Å². The zero-order chi connectivity index (χ0) is 15.6. The first-order valence-electron chi connectivity index (χ1n) is 6.02. The molecule has 0 saturated carbocycles. The third kappa shape index (κ3) is 3.64. The molecule has 2 aromatic rings. The average Bonchev–Trinajstić information content (AvgIpc) is 2.41. The van der Waals surface area contributed by atoms with Gasteiger partial charge in [-0.2, -0.15) is 0 Å². The highest BCUT2D eigenvalue weighted by Crippen LogP contribution is 2.26. The SMILES string of the molecule is Cc1cccc(S(=O)(=O)Nc2cccc(S(C)=O)c2)c1Cl. The maximum atomic E-state index is 12.4. The molecular formula is C14H14ClNO3S2. The van der Waals surface area contributed by atoms with Crippen molar-refractivity contribution in [1.29, 1.82) is 0 Å². The second-order valence-electron chi connectivity index (χ2n) is 4.47. The van der Waals surface area contributed by atoms with Gasteiger partial charge in [0.05, 0.1) is 10.7 Å². The van der Waals surface area contributed by atoms with Gasteiger partial charge in [0.15, 0.2) is 0 Å². The zero-order valence-electron chi connectivity index (χ0n) is 11.5. The summed E-state index contributed by atoms with van der Waals surface area (Å²) in [5.41, 5.74) is 1.03. The molecule has 0 aliphatic carbocycles. The summed E-state index contributed by atoms with van der Waals surface area (Å²) in [6.07, 6.45) is 1.53. The predicted octanol–water partition coefficient (Wildman–Crippen LogP) is 3.19. The molecule has 0 radical (unpaired) electrons. The van der Waals surface area contributed by atoms with Crippen LogP contribution in [0, 0.1) is 6.92 Å². The van der Waals surface area contributed by atoms with Gasteiger partial charge < -0.3 is 0 Å². The van der Waals surface area contributed by atoms with Crippen LogP contribution in [-0.2, 0) is 20.8 Å². The minimum atomic E-state index is -3.79. The van der Waals surface area contributed by atoms with Gasteiger partial charge in [0.2, 0.25) is 0 Å². The van der Waals surface area contributed by atoms with E-state index in [9.17, 15) is 12.6 Å². The van der Waals surface area contributed by atoms with Crippen LogP contribution in [0.3, 0.4) is 0 Å². The van der Waals surface area contributed by atoms with Crippen LogP contribution in [0.15, 0.2) is 52.3 Å². The number of rotatable bonds is 4. The quantitative estimate of drug-likeness (QED) is 0.927. The molecule has 4 nitrogen and oxygen atoms in total. The molecule has 0 aliphatic heterocycles. The van der Waals surface area contributed by atoms with Crippen molar-refractivity contribution in [2.75, 3.05) is 11.0 Å². The van der Waals surface area contributed by atoms with E-state index in [4.69, 9.17) is 11.6 Å². The highest BCUT2D eigenvalue weighted by molar-refractivity contribution is 7.92. The maximum absolute atomic E-state index is 12.4. The molecule has 112 valence electrons. The smallest absolute Gasteiger partial charge is 0.263 e. The van der Waals surface area contributed by atoms with Crippen molar-refractivity contribution in [3.8, 4) is 0 Å². The Balaban J connectivity index is 2.40. The van der Waals surface area contributed by atoms with Gasteiger partial charge in [0.1, 0.15) is 4.90 Å². The van der Waals surface area contributed by atoms with Crippen LogP contribution in [0.25, 0.3) is 0 Å². The lowest BCUT2D eigenvalue weighted by molar-refractivity contribution is 0.601. The Morgan fingerprint density at radius 3 is 2.48 bits per heavy atom. The van der Waals surface area contributed by atoms with E-state index in [1.807, 2.05) is 0 Å². The zero-order valence-corrected chi connectivity index (χ0v) is 13.8. The molecule has 2 aromatic carbocycles. The molecular weight excluding hydrogens is 330 g/mol. The molecule has 7 heteroatoms. The first-order valence-corrected chi connectivity index (χ1v) is 9.44. The van der Waals surface area contributed by atoms with Crippen molar-refractivity contribution < 1.29 is 12.6 Å². The van der Waals surface area contributed by atoms with E-state index < -0.39 is 20.8 Å². The molecule has 0 aromatic heterocycles. The summed E-state index contributed by atoms with van der Waals surface area (Å²) in [5.74, 6) is 0. The van der Waals surface area contributed by atoms with Crippen LogP contribution in [-0.4, -0.2) is 18.9 Å². The summed E-state index contributed by atoms with van der Waals surface area (Å²) in [6.45, 7) is 1.74. The third-order valence-corrected chi connectivity index (χ3v) is 5.82. The Kier molecular flexibility index (Phi) is 4.70. The number of halogens is 1. The fraction of sp³-hybridized carbons (Fsp3) is 0.143. The maximum Gasteiger partial charge on any atom is 0.263 e. The van der Waals surface area contributed by atoms with Crippen molar-refractivity contribution in [3.63, 3.8) is 0 Å². The van der Waals surface area contributed by atoms with E-state index in [2.05, 4.69) is 4.72 Å². The fourth-order valence-electron chi connectivity index (χ4n) is 1.78. The summed E-state index contributed by atoms with van der Waals surface area (Å²) in [5, 5.41) is 0.195. The van der Waals surface area contributed by atoms with Crippen molar-refractivity contribution >= 4 is 38.1 Å². The number of aryl methyl sites for hydroxylation is 1. The minimum absolute atomic E-state index is 0.0205. The van der Waals surface area contributed by atoms with Crippen LogP contribution >= 0.6 is 11.6 Å². The molecule has 21 heavy (non-hydrogen) atoms. The largest absolute Gasteiger partial charge is 0.280 e. The second kappa shape index (κ2) is 6.17. The van der Waals surface area contributed by atoms with Crippen LogP contribution in [0.4, 0.5) is 5.69 Å². The Hall–Kier alpha value is -1.37. The molecule has 0 spiro atoms. The van der Waals surface area contributed by atoms with Gasteiger partial charge in [-0.3, -0.25) is 8.93 Å². The monoisotopic (exact) mass is 343 g/mol. The number of sulfonamides is 1. The first kappa shape index (κ1) is 16.0. The molecule has 0 bridgehead atoms. The van der Waals surface area contributed by atoms with E-state index in [0.29, 0.717) is 16.1 Å². The lowest BCUT2D eigenvalue weighted by Gasteiger charge is -2.11. The summed E-state index contributed by atoms with van der Waals surface area (Å²) >= 11 is 6.06. The molecule has 1 N–H and O–H groups in total. The van der Waals surface area contributed by atoms with Gasteiger partial charge in [-0.15, -0.1) is 0 Å². The lowest BCUT2D eigenvalue weighted by atomic mass is 10.2. The van der Waals surface area contributed by atoms with Crippen molar-refractivity contribution in [2.24, 2.45) is 0 Å². The van der Waals surface area contributed by atoms with Crippen molar-refractivity contribution in [1.82, 2.24) is 0 Å². The van der Waals surface area contributed by atoms with Crippen molar-refractivity contribution in [3.05, 3.63) is 53.1 Å². The number of anilines is 1. The van der Waals surface area contributed by atoms with Gasteiger partial charge in [-0.1, -0.05) is 29.8 Å². The second-order valence-corrected chi connectivity index (χ2v) is 7.88. The summed E-state index contributed by atoms with van der Waals surface area (Å²) in [4.78, 5) is 0.567. The number of benzene rings is 2. The van der Waals surface area contributed by atoms with Crippen LogP contribution in [0.1, 0.15) is 5.56 Å². The van der Waals surface area contributed by atoms with E-state index in [1.54, 1.807) is 37.3 Å². The summed E-state index contributed by atoms with van der Waals surface area (Å²) in [7, 11) is -4.97. The summed E-state index contributed by atoms with van der Waals surface area (Å²) < 4.78 is 38.7. The van der Waals surface area contributed by atoms with Crippen molar-refractivity contribution in [2.45, 2.75) is 16.7 Å².